The number of aryl methyl sites for hydroxylation is 1. The van der Waals surface area contributed by atoms with Gasteiger partial charge < -0.3 is 4.90 Å². The van der Waals surface area contributed by atoms with E-state index in [1.165, 1.54) is 17.5 Å². The summed E-state index contributed by atoms with van der Waals surface area (Å²) in [6, 6.07) is 7.38. The van der Waals surface area contributed by atoms with Gasteiger partial charge in [-0.3, -0.25) is 9.59 Å². The third-order valence-corrected chi connectivity index (χ3v) is 4.31. The van der Waals surface area contributed by atoms with Crippen molar-refractivity contribution in [3.05, 3.63) is 40.3 Å². The van der Waals surface area contributed by atoms with Crippen molar-refractivity contribution in [2.75, 3.05) is 13.1 Å². The SMILES string of the molecule is Cn1nc(CC(=O)N2CCCCCC2)c2ccccc2c1=O. The fraction of sp³-hybridized carbons (Fsp3) is 0.471. The van der Waals surface area contributed by atoms with Gasteiger partial charge in [0.25, 0.3) is 5.56 Å². The zero-order valence-electron chi connectivity index (χ0n) is 12.9. The number of carbonyl (C=O) groups is 1. The van der Waals surface area contributed by atoms with Gasteiger partial charge in [0, 0.05) is 25.5 Å². The molecule has 1 fully saturated rings. The van der Waals surface area contributed by atoms with Crippen LogP contribution >= 0.6 is 0 Å². The fourth-order valence-corrected chi connectivity index (χ4v) is 3.08. The molecule has 5 heteroatoms. The van der Waals surface area contributed by atoms with Crippen LogP contribution in [-0.4, -0.2) is 33.7 Å². The fourth-order valence-electron chi connectivity index (χ4n) is 3.08. The molecule has 0 atom stereocenters. The summed E-state index contributed by atoms with van der Waals surface area (Å²) in [5, 5.41) is 5.73. The smallest absolute Gasteiger partial charge is 0.274 e. The predicted molar refractivity (Wildman–Crippen MR) is 85.7 cm³/mol. The summed E-state index contributed by atoms with van der Waals surface area (Å²) in [5.74, 6) is 0.109. The van der Waals surface area contributed by atoms with E-state index < -0.39 is 0 Å². The molecule has 0 bridgehead atoms. The average molecular weight is 299 g/mol. The molecule has 0 unspecified atom stereocenters. The monoisotopic (exact) mass is 299 g/mol. The molecule has 1 aromatic carbocycles. The number of likely N-dealkylation sites (tertiary alicyclic amines) is 1. The van der Waals surface area contributed by atoms with Gasteiger partial charge in [0.1, 0.15) is 0 Å². The number of rotatable bonds is 2. The number of hydrogen-bond acceptors (Lipinski definition) is 3. The Kier molecular flexibility index (Phi) is 4.22. The lowest BCUT2D eigenvalue weighted by atomic mass is 10.1. The summed E-state index contributed by atoms with van der Waals surface area (Å²) in [4.78, 5) is 26.6. The van der Waals surface area contributed by atoms with Crippen molar-refractivity contribution in [1.29, 1.82) is 0 Å². The maximum atomic E-state index is 12.6. The van der Waals surface area contributed by atoms with Crippen molar-refractivity contribution in [3.63, 3.8) is 0 Å². The zero-order chi connectivity index (χ0) is 15.5. The Morgan fingerprint density at radius 2 is 1.73 bits per heavy atom. The first-order valence-electron chi connectivity index (χ1n) is 7.89. The molecule has 1 aromatic heterocycles. The summed E-state index contributed by atoms with van der Waals surface area (Å²) in [7, 11) is 1.63. The third-order valence-electron chi connectivity index (χ3n) is 4.31. The molecule has 0 radical (unpaired) electrons. The van der Waals surface area contributed by atoms with Crippen molar-refractivity contribution < 1.29 is 4.79 Å². The Bertz CT molecular complexity index is 743. The molecule has 1 amide bonds. The Morgan fingerprint density at radius 3 is 2.41 bits per heavy atom. The maximum Gasteiger partial charge on any atom is 0.274 e. The van der Waals surface area contributed by atoms with E-state index in [0.717, 1.165) is 31.3 Å². The number of fused-ring (bicyclic) bond motifs is 1. The van der Waals surface area contributed by atoms with Crippen LogP contribution in [0.1, 0.15) is 31.4 Å². The Labute approximate surface area is 129 Å². The third kappa shape index (κ3) is 2.89. The maximum absolute atomic E-state index is 12.6. The molecule has 2 aromatic rings. The average Bonchev–Trinajstić information content (AvgIpc) is 2.81. The van der Waals surface area contributed by atoms with Gasteiger partial charge in [-0.05, 0) is 18.9 Å². The largest absolute Gasteiger partial charge is 0.342 e. The van der Waals surface area contributed by atoms with E-state index in [4.69, 9.17) is 0 Å². The molecule has 2 heterocycles. The highest BCUT2D eigenvalue weighted by molar-refractivity contribution is 5.88. The number of aromatic nitrogens is 2. The zero-order valence-corrected chi connectivity index (χ0v) is 12.9. The molecule has 0 N–H and O–H groups in total. The summed E-state index contributed by atoms with van der Waals surface area (Å²) >= 11 is 0. The number of carbonyl (C=O) groups excluding carboxylic acids is 1. The molecular weight excluding hydrogens is 278 g/mol. The first kappa shape index (κ1) is 14.8. The van der Waals surface area contributed by atoms with Crippen LogP contribution < -0.4 is 5.56 Å². The van der Waals surface area contributed by atoms with Crippen molar-refractivity contribution in [2.24, 2.45) is 7.05 Å². The van der Waals surface area contributed by atoms with Gasteiger partial charge in [-0.2, -0.15) is 5.10 Å². The van der Waals surface area contributed by atoms with Gasteiger partial charge in [0.2, 0.25) is 5.91 Å². The van der Waals surface area contributed by atoms with Crippen LogP contribution in [0.5, 0.6) is 0 Å². The second-order valence-corrected chi connectivity index (χ2v) is 5.89. The van der Waals surface area contributed by atoms with Crippen LogP contribution in [0.15, 0.2) is 29.1 Å². The number of amides is 1. The topological polar surface area (TPSA) is 55.2 Å². The van der Waals surface area contributed by atoms with E-state index in [1.54, 1.807) is 13.1 Å². The Balaban J connectivity index is 1.92. The summed E-state index contributed by atoms with van der Waals surface area (Å²) in [6.45, 7) is 1.67. The number of hydrogen-bond donors (Lipinski definition) is 0. The minimum atomic E-state index is -0.124. The molecule has 1 aliphatic rings. The quantitative estimate of drug-likeness (QED) is 0.851. The van der Waals surface area contributed by atoms with Crippen LogP contribution in [0.25, 0.3) is 10.8 Å². The summed E-state index contributed by atoms with van der Waals surface area (Å²) in [6.07, 6.45) is 4.81. The van der Waals surface area contributed by atoms with Gasteiger partial charge in [0.15, 0.2) is 0 Å². The summed E-state index contributed by atoms with van der Waals surface area (Å²) in [5.41, 5.74) is 0.563. The van der Waals surface area contributed by atoms with Crippen LogP contribution in [0, 0.1) is 0 Å². The second kappa shape index (κ2) is 6.30. The Morgan fingerprint density at radius 1 is 1.09 bits per heavy atom. The standard InChI is InChI=1S/C17H21N3O2/c1-19-17(22)14-9-5-4-8-13(14)15(18-19)12-16(21)20-10-6-2-3-7-11-20/h4-5,8-9H,2-3,6-7,10-12H2,1H3. The normalized spacial score (nSPS) is 15.8. The highest BCUT2D eigenvalue weighted by atomic mass is 16.2. The minimum Gasteiger partial charge on any atom is -0.342 e. The van der Waals surface area contributed by atoms with Crippen LogP contribution in [0.2, 0.25) is 0 Å². The van der Waals surface area contributed by atoms with Gasteiger partial charge in [-0.1, -0.05) is 31.0 Å². The van der Waals surface area contributed by atoms with Gasteiger partial charge in [0.05, 0.1) is 17.5 Å². The Hall–Kier alpha value is -2.17. The van der Waals surface area contributed by atoms with Gasteiger partial charge in [-0.25, -0.2) is 4.68 Å². The number of nitrogens with zero attached hydrogens (tertiary/aromatic N) is 3. The van der Waals surface area contributed by atoms with Crippen molar-refractivity contribution in [3.8, 4) is 0 Å². The molecule has 1 aliphatic heterocycles. The minimum absolute atomic E-state index is 0.109. The van der Waals surface area contributed by atoms with Crippen molar-refractivity contribution >= 4 is 16.7 Å². The van der Waals surface area contributed by atoms with Crippen LogP contribution in [-0.2, 0) is 18.3 Å². The lowest BCUT2D eigenvalue weighted by Crippen LogP contribution is -2.34. The van der Waals surface area contributed by atoms with Gasteiger partial charge in [-0.15, -0.1) is 0 Å². The first-order valence-corrected chi connectivity index (χ1v) is 7.89. The molecule has 0 spiro atoms. The lowest BCUT2D eigenvalue weighted by molar-refractivity contribution is -0.130. The first-order chi connectivity index (χ1) is 10.7. The molecule has 116 valence electrons. The van der Waals surface area contributed by atoms with Crippen molar-refractivity contribution in [1.82, 2.24) is 14.7 Å². The summed E-state index contributed by atoms with van der Waals surface area (Å²) < 4.78 is 1.33. The van der Waals surface area contributed by atoms with Crippen molar-refractivity contribution in [2.45, 2.75) is 32.1 Å². The predicted octanol–water partition coefficient (Wildman–Crippen LogP) is 1.88. The lowest BCUT2D eigenvalue weighted by Gasteiger charge is -2.20. The molecule has 0 saturated carbocycles. The number of benzene rings is 1. The van der Waals surface area contributed by atoms with E-state index in [0.29, 0.717) is 11.1 Å². The van der Waals surface area contributed by atoms with E-state index >= 15 is 0 Å². The van der Waals surface area contributed by atoms with E-state index in [9.17, 15) is 9.59 Å². The van der Waals surface area contributed by atoms with E-state index in [2.05, 4.69) is 5.10 Å². The van der Waals surface area contributed by atoms with E-state index in [-0.39, 0.29) is 17.9 Å². The molecule has 3 rings (SSSR count). The van der Waals surface area contributed by atoms with Crippen LogP contribution in [0.3, 0.4) is 0 Å². The second-order valence-electron chi connectivity index (χ2n) is 5.89. The molecular formula is C17H21N3O2. The molecule has 22 heavy (non-hydrogen) atoms. The van der Waals surface area contributed by atoms with E-state index in [1.807, 2.05) is 23.1 Å². The van der Waals surface area contributed by atoms with Crippen LogP contribution in [0.4, 0.5) is 0 Å². The highest BCUT2D eigenvalue weighted by Crippen LogP contribution is 2.16. The van der Waals surface area contributed by atoms with Gasteiger partial charge >= 0.3 is 0 Å². The highest BCUT2D eigenvalue weighted by Gasteiger charge is 2.18. The molecule has 5 nitrogen and oxygen atoms in total. The molecule has 0 aliphatic carbocycles. The molecule has 1 saturated heterocycles.